The van der Waals surface area contributed by atoms with Gasteiger partial charge in [-0.15, -0.1) is 0 Å². The summed E-state index contributed by atoms with van der Waals surface area (Å²) < 4.78 is 68.5. The van der Waals surface area contributed by atoms with Gasteiger partial charge >= 0.3 is 0 Å². The molecule has 9 rings (SSSR count). The van der Waals surface area contributed by atoms with Crippen molar-refractivity contribution in [2.24, 2.45) is 0 Å². The molecule has 1 aliphatic carbocycles. The Balaban J connectivity index is 1.52. The molecule has 0 bridgehead atoms. The van der Waals surface area contributed by atoms with Crippen LogP contribution in [0.4, 0.5) is 0 Å². The monoisotopic (exact) mass is 543 g/mol. The van der Waals surface area contributed by atoms with Crippen molar-refractivity contribution in [3.05, 3.63) is 144 Å². The molecule has 0 fully saturated rings. The van der Waals surface area contributed by atoms with Crippen LogP contribution in [0.1, 0.15) is 34.6 Å². The maximum absolute atomic E-state index is 9.49. The Morgan fingerprint density at radius 1 is 0.571 bits per heavy atom. The first-order valence-corrected chi connectivity index (χ1v) is 14.1. The minimum absolute atomic E-state index is 0.0733. The zero-order valence-electron chi connectivity index (χ0n) is 30.1. The average Bonchev–Trinajstić information content (AvgIpc) is 3.60. The molecule has 0 amide bonds. The molecule has 8 aromatic rings. The molecular formula is C41H28O. The first kappa shape index (κ1) is 17.6. The summed E-state index contributed by atoms with van der Waals surface area (Å²) in [6.45, 7) is 4.50. The normalized spacial score (nSPS) is 16.0. The maximum atomic E-state index is 9.49. The van der Waals surface area contributed by atoms with E-state index in [2.05, 4.69) is 56.3 Å². The van der Waals surface area contributed by atoms with E-state index in [4.69, 9.17) is 11.3 Å². The topological polar surface area (TPSA) is 13.1 Å². The molecular weight excluding hydrogens is 508 g/mol. The molecule has 0 unspecified atom stereocenters. The summed E-state index contributed by atoms with van der Waals surface area (Å²) in [5.74, 6) is 0. The lowest BCUT2D eigenvalue weighted by Crippen LogP contribution is -2.14. The summed E-state index contributed by atoms with van der Waals surface area (Å²) in [7, 11) is 0. The van der Waals surface area contributed by atoms with Crippen molar-refractivity contribution >= 4 is 43.5 Å². The summed E-state index contributed by atoms with van der Waals surface area (Å²) in [5.41, 5.74) is 8.34. The highest BCUT2D eigenvalue weighted by atomic mass is 16.3. The van der Waals surface area contributed by atoms with Crippen molar-refractivity contribution in [1.82, 2.24) is 0 Å². The third-order valence-electron chi connectivity index (χ3n) is 8.92. The first-order chi connectivity index (χ1) is 23.5. The van der Waals surface area contributed by atoms with Gasteiger partial charge in [-0.2, -0.15) is 0 Å². The number of rotatable bonds is 2. The van der Waals surface area contributed by atoms with E-state index in [0.29, 0.717) is 22.1 Å². The quantitative estimate of drug-likeness (QED) is 0.211. The van der Waals surface area contributed by atoms with Crippen LogP contribution in [0.25, 0.3) is 76.9 Å². The predicted octanol–water partition coefficient (Wildman–Crippen LogP) is 11.5. The molecule has 0 radical (unpaired) electrons. The lowest BCUT2D eigenvalue weighted by molar-refractivity contribution is 0.660. The van der Waals surface area contributed by atoms with Gasteiger partial charge in [0.05, 0.1) is 9.60 Å². The van der Waals surface area contributed by atoms with Crippen LogP contribution in [0.2, 0.25) is 0 Å². The second-order valence-electron chi connectivity index (χ2n) is 11.5. The molecule has 0 spiro atoms. The average molecular weight is 544 g/mol. The zero-order chi connectivity index (χ0) is 34.1. The van der Waals surface area contributed by atoms with Crippen molar-refractivity contribution in [3.8, 4) is 33.4 Å². The zero-order valence-corrected chi connectivity index (χ0v) is 23.1. The van der Waals surface area contributed by atoms with Gasteiger partial charge in [0.15, 0.2) is 0 Å². The molecule has 7 aromatic carbocycles. The van der Waals surface area contributed by atoms with E-state index in [0.717, 1.165) is 32.8 Å². The summed E-state index contributed by atoms with van der Waals surface area (Å²) in [5, 5.41) is 2.87. The Kier molecular flexibility index (Phi) is 3.54. The summed E-state index contributed by atoms with van der Waals surface area (Å²) in [4.78, 5) is 0. The fourth-order valence-electron chi connectivity index (χ4n) is 7.04. The van der Waals surface area contributed by atoms with Crippen LogP contribution < -0.4 is 0 Å². The Morgan fingerprint density at radius 3 is 2.10 bits per heavy atom. The molecule has 0 atom stereocenters. The number of hydrogen-bond donors (Lipinski definition) is 0. The Bertz CT molecular complexity index is 2780. The minimum atomic E-state index is -0.490. The van der Waals surface area contributed by atoms with Crippen LogP contribution in [-0.4, -0.2) is 0 Å². The van der Waals surface area contributed by atoms with Gasteiger partial charge < -0.3 is 4.42 Å². The minimum Gasteiger partial charge on any atom is -0.455 e. The van der Waals surface area contributed by atoms with E-state index < -0.39 is 24.2 Å². The van der Waals surface area contributed by atoms with Crippen LogP contribution in [0.5, 0.6) is 0 Å². The molecule has 1 heteroatoms. The van der Waals surface area contributed by atoms with Crippen molar-refractivity contribution in [2.45, 2.75) is 19.3 Å². The van der Waals surface area contributed by atoms with Crippen molar-refractivity contribution in [3.63, 3.8) is 0 Å². The highest BCUT2D eigenvalue weighted by Gasteiger charge is 2.37. The van der Waals surface area contributed by atoms with Crippen LogP contribution in [-0.2, 0) is 5.41 Å². The van der Waals surface area contributed by atoms with Gasteiger partial charge in [0.1, 0.15) is 11.2 Å². The summed E-state index contributed by atoms with van der Waals surface area (Å²) in [6.07, 6.45) is 0. The first-order valence-electron chi connectivity index (χ1n) is 17.6. The number of para-hydroxylation sites is 1. The largest absolute Gasteiger partial charge is 0.455 e. The van der Waals surface area contributed by atoms with Crippen LogP contribution in [0.3, 0.4) is 0 Å². The Labute approximate surface area is 254 Å². The molecule has 0 aliphatic heterocycles. The molecule has 1 aromatic heterocycles. The Hall–Kier alpha value is -5.14. The second kappa shape index (κ2) is 8.44. The summed E-state index contributed by atoms with van der Waals surface area (Å²) in [6, 6.07) is 27.8. The smallest absolute Gasteiger partial charge is 0.144 e. The third-order valence-corrected chi connectivity index (χ3v) is 8.92. The van der Waals surface area contributed by atoms with Crippen molar-refractivity contribution < 1.29 is 14.0 Å². The van der Waals surface area contributed by atoms with Gasteiger partial charge in [0.2, 0.25) is 0 Å². The van der Waals surface area contributed by atoms with E-state index in [-0.39, 0.29) is 39.9 Å². The fraction of sp³-hybridized carbons (Fsp3) is 0.0732. The van der Waals surface area contributed by atoms with Crippen LogP contribution in [0.15, 0.2) is 138 Å². The van der Waals surface area contributed by atoms with E-state index in [1.54, 1.807) is 0 Å². The lowest BCUT2D eigenvalue weighted by atomic mass is 9.81. The number of benzene rings is 7. The SMILES string of the molecule is [2H]c1c([2H])c([2H])c2c([2H])c(-c3c4ccccc4c(-c4cccc5c4-c4ccccc4C5(C)C)c4oc5ccccc5c34)c([2H])c([2H])c2c1[2H]. The second-order valence-corrected chi connectivity index (χ2v) is 11.5. The number of furan rings is 1. The standard InChI is InChI=1S/C41H28O/c1-41(2)33-19-9-7-16-30(33)37-32(18-11-20-34(37)41)38-29-15-6-5-14-28(29)36(27-23-22-25-12-3-4-13-26(25)24-27)39-31-17-8-10-21-35(31)42-40(38)39/h3-24H,1-2H3/i3D,4D,12D,13D,22D,23D,24D. The third kappa shape index (κ3) is 3.08. The molecule has 1 aliphatic rings. The highest BCUT2D eigenvalue weighted by Crippen LogP contribution is 2.55. The molecule has 0 saturated heterocycles. The number of fused-ring (bicyclic) bond motifs is 8. The predicted molar refractivity (Wildman–Crippen MR) is 177 cm³/mol. The number of hydrogen-bond acceptors (Lipinski definition) is 1. The van der Waals surface area contributed by atoms with Crippen LogP contribution in [0, 0.1) is 0 Å². The van der Waals surface area contributed by atoms with Gasteiger partial charge in [-0.05, 0) is 67.0 Å². The van der Waals surface area contributed by atoms with E-state index in [1.165, 1.54) is 16.7 Å². The van der Waals surface area contributed by atoms with Gasteiger partial charge in [-0.1, -0.05) is 135 Å². The van der Waals surface area contributed by atoms with Gasteiger partial charge in [-0.3, -0.25) is 0 Å². The van der Waals surface area contributed by atoms with Gasteiger partial charge in [0, 0.05) is 27.3 Å². The van der Waals surface area contributed by atoms with E-state index >= 15 is 0 Å². The molecule has 42 heavy (non-hydrogen) atoms. The molecule has 198 valence electrons. The van der Waals surface area contributed by atoms with Crippen LogP contribution >= 0.6 is 0 Å². The van der Waals surface area contributed by atoms with Gasteiger partial charge in [0.25, 0.3) is 0 Å². The van der Waals surface area contributed by atoms with Crippen molar-refractivity contribution in [2.75, 3.05) is 0 Å². The van der Waals surface area contributed by atoms with E-state index in [9.17, 15) is 2.74 Å². The molecule has 0 saturated carbocycles. The Morgan fingerprint density at radius 2 is 1.24 bits per heavy atom. The summed E-state index contributed by atoms with van der Waals surface area (Å²) >= 11 is 0. The van der Waals surface area contributed by atoms with Crippen molar-refractivity contribution in [1.29, 1.82) is 0 Å². The molecule has 1 nitrogen and oxygen atoms in total. The fourth-order valence-corrected chi connectivity index (χ4v) is 7.04. The maximum Gasteiger partial charge on any atom is 0.144 e. The molecule has 1 heterocycles. The lowest BCUT2D eigenvalue weighted by Gasteiger charge is -2.22. The van der Waals surface area contributed by atoms with Gasteiger partial charge in [-0.25, -0.2) is 0 Å². The van der Waals surface area contributed by atoms with E-state index in [1.807, 2.05) is 48.5 Å². The highest BCUT2D eigenvalue weighted by molar-refractivity contribution is 6.27. The molecule has 0 N–H and O–H groups in total.